The Kier molecular flexibility index (Phi) is 5.25. The summed E-state index contributed by atoms with van der Waals surface area (Å²) in [6.07, 6.45) is 0. The van der Waals surface area contributed by atoms with Gasteiger partial charge in [0.1, 0.15) is 17.2 Å². The Morgan fingerprint density at radius 3 is 2.36 bits per heavy atom. The van der Waals surface area contributed by atoms with Crippen LogP contribution in [0.4, 0.5) is 5.69 Å². The molecule has 0 atom stereocenters. The Hall–Kier alpha value is -2.69. The third-order valence-corrected chi connectivity index (χ3v) is 2.93. The summed E-state index contributed by atoms with van der Waals surface area (Å²) < 4.78 is 10.7. The first-order valence-corrected chi connectivity index (χ1v) is 7.03. The van der Waals surface area contributed by atoms with Gasteiger partial charge < -0.3 is 19.9 Å². The molecule has 5 heteroatoms. The molecule has 0 radical (unpaired) electrons. The van der Waals surface area contributed by atoms with Gasteiger partial charge in [-0.15, -0.1) is 0 Å². The van der Waals surface area contributed by atoms with Crippen LogP contribution in [0, 0.1) is 6.92 Å². The van der Waals surface area contributed by atoms with E-state index in [9.17, 15) is 9.90 Å². The Balaban J connectivity index is 1.88. The molecule has 0 fully saturated rings. The lowest BCUT2D eigenvalue weighted by Crippen LogP contribution is -2.20. The minimum atomic E-state index is -0.338. The summed E-state index contributed by atoms with van der Waals surface area (Å²) in [5.41, 5.74) is 1.32. The molecule has 2 aromatic rings. The highest BCUT2D eigenvalue weighted by Gasteiger charge is 2.07. The van der Waals surface area contributed by atoms with Crippen molar-refractivity contribution >= 4 is 11.6 Å². The van der Waals surface area contributed by atoms with Gasteiger partial charge >= 0.3 is 0 Å². The molecule has 0 unspecified atom stereocenters. The van der Waals surface area contributed by atoms with Gasteiger partial charge in [0.2, 0.25) is 0 Å². The monoisotopic (exact) mass is 301 g/mol. The number of rotatable bonds is 6. The Morgan fingerprint density at radius 2 is 1.73 bits per heavy atom. The van der Waals surface area contributed by atoms with Crippen molar-refractivity contribution in [2.24, 2.45) is 0 Å². The lowest BCUT2D eigenvalue weighted by atomic mass is 10.2. The number of hydrogen-bond acceptors (Lipinski definition) is 4. The van der Waals surface area contributed by atoms with Crippen LogP contribution in [0.3, 0.4) is 0 Å². The number of benzene rings is 2. The quantitative estimate of drug-likeness (QED) is 0.804. The molecular formula is C17H19NO4. The second-order valence-electron chi connectivity index (χ2n) is 4.76. The molecule has 0 aliphatic carbocycles. The summed E-state index contributed by atoms with van der Waals surface area (Å²) in [5, 5.41) is 12.3. The number of phenols is 1. The SMILES string of the molecule is CCOc1ccc(OCC(=O)Nc2cc(C)ccc2O)cc1. The predicted molar refractivity (Wildman–Crippen MR) is 84.6 cm³/mol. The lowest BCUT2D eigenvalue weighted by molar-refractivity contribution is -0.118. The third-order valence-electron chi connectivity index (χ3n) is 2.93. The average molecular weight is 301 g/mol. The van der Waals surface area contributed by atoms with Crippen LogP contribution < -0.4 is 14.8 Å². The van der Waals surface area contributed by atoms with Crippen LogP contribution in [0.1, 0.15) is 12.5 Å². The molecule has 22 heavy (non-hydrogen) atoms. The van der Waals surface area contributed by atoms with Crippen molar-refractivity contribution in [2.45, 2.75) is 13.8 Å². The van der Waals surface area contributed by atoms with E-state index in [1.165, 1.54) is 6.07 Å². The highest BCUT2D eigenvalue weighted by Crippen LogP contribution is 2.24. The van der Waals surface area contributed by atoms with Crippen molar-refractivity contribution in [2.75, 3.05) is 18.5 Å². The van der Waals surface area contributed by atoms with E-state index >= 15 is 0 Å². The Bertz CT molecular complexity index is 638. The highest BCUT2D eigenvalue weighted by atomic mass is 16.5. The first-order valence-electron chi connectivity index (χ1n) is 7.03. The predicted octanol–water partition coefficient (Wildman–Crippen LogP) is 3.12. The summed E-state index contributed by atoms with van der Waals surface area (Å²) >= 11 is 0. The summed E-state index contributed by atoms with van der Waals surface area (Å²) in [5.74, 6) is 1.02. The number of aryl methyl sites for hydroxylation is 1. The van der Waals surface area contributed by atoms with Crippen molar-refractivity contribution < 1.29 is 19.4 Å². The zero-order valence-electron chi connectivity index (χ0n) is 12.6. The van der Waals surface area contributed by atoms with Gasteiger partial charge in [0.15, 0.2) is 6.61 Å². The van der Waals surface area contributed by atoms with E-state index in [-0.39, 0.29) is 18.3 Å². The summed E-state index contributed by atoms with van der Waals surface area (Å²) in [6, 6.07) is 12.0. The van der Waals surface area contributed by atoms with E-state index < -0.39 is 0 Å². The second-order valence-corrected chi connectivity index (χ2v) is 4.76. The second kappa shape index (κ2) is 7.36. The van der Waals surface area contributed by atoms with Crippen LogP contribution >= 0.6 is 0 Å². The minimum Gasteiger partial charge on any atom is -0.506 e. The molecule has 0 saturated carbocycles. The maximum atomic E-state index is 11.8. The van der Waals surface area contributed by atoms with E-state index in [2.05, 4.69) is 5.32 Å². The molecule has 0 aliphatic heterocycles. The molecule has 1 amide bonds. The van der Waals surface area contributed by atoms with Gasteiger partial charge in [0.05, 0.1) is 12.3 Å². The van der Waals surface area contributed by atoms with Crippen LogP contribution in [0.25, 0.3) is 0 Å². The number of hydrogen-bond donors (Lipinski definition) is 2. The maximum Gasteiger partial charge on any atom is 0.262 e. The number of carbonyl (C=O) groups is 1. The van der Waals surface area contributed by atoms with E-state index in [1.807, 2.05) is 13.8 Å². The van der Waals surface area contributed by atoms with Crippen LogP contribution in [0.2, 0.25) is 0 Å². The topological polar surface area (TPSA) is 67.8 Å². The van der Waals surface area contributed by atoms with E-state index in [0.717, 1.165) is 11.3 Å². The van der Waals surface area contributed by atoms with Gasteiger partial charge in [-0.1, -0.05) is 6.07 Å². The van der Waals surface area contributed by atoms with E-state index in [0.29, 0.717) is 18.0 Å². The summed E-state index contributed by atoms with van der Waals surface area (Å²) in [4.78, 5) is 11.8. The van der Waals surface area contributed by atoms with Gasteiger partial charge in [-0.25, -0.2) is 0 Å². The lowest BCUT2D eigenvalue weighted by Gasteiger charge is -2.10. The molecule has 0 heterocycles. The zero-order valence-corrected chi connectivity index (χ0v) is 12.6. The standard InChI is InChI=1S/C17H19NO4/c1-3-21-13-5-7-14(8-6-13)22-11-17(20)18-15-10-12(2)4-9-16(15)19/h4-10,19H,3,11H2,1-2H3,(H,18,20). The zero-order chi connectivity index (χ0) is 15.9. The molecule has 2 N–H and O–H groups in total. The largest absolute Gasteiger partial charge is 0.506 e. The van der Waals surface area contributed by atoms with Crippen molar-refractivity contribution in [3.05, 3.63) is 48.0 Å². The molecule has 0 spiro atoms. The number of aromatic hydroxyl groups is 1. The Labute approximate surface area is 129 Å². The molecule has 0 saturated heterocycles. The van der Waals surface area contributed by atoms with Crippen molar-refractivity contribution in [3.63, 3.8) is 0 Å². The van der Waals surface area contributed by atoms with E-state index in [4.69, 9.17) is 9.47 Å². The molecule has 5 nitrogen and oxygen atoms in total. The third kappa shape index (κ3) is 4.41. The molecular weight excluding hydrogens is 282 g/mol. The van der Waals surface area contributed by atoms with Crippen molar-refractivity contribution in [1.82, 2.24) is 0 Å². The first kappa shape index (κ1) is 15.7. The summed E-state index contributed by atoms with van der Waals surface area (Å²) in [6.45, 7) is 4.25. The molecule has 116 valence electrons. The number of phenolic OH excluding ortho intramolecular Hbond substituents is 1. The Morgan fingerprint density at radius 1 is 1.09 bits per heavy atom. The first-order chi connectivity index (χ1) is 10.6. The minimum absolute atomic E-state index is 0.0278. The normalized spacial score (nSPS) is 10.1. The fourth-order valence-electron chi connectivity index (χ4n) is 1.88. The smallest absolute Gasteiger partial charge is 0.262 e. The van der Waals surface area contributed by atoms with Crippen molar-refractivity contribution in [1.29, 1.82) is 0 Å². The molecule has 0 aromatic heterocycles. The highest BCUT2D eigenvalue weighted by molar-refractivity contribution is 5.93. The van der Waals surface area contributed by atoms with Crippen LogP contribution in [0.15, 0.2) is 42.5 Å². The molecule has 2 aromatic carbocycles. The maximum absolute atomic E-state index is 11.8. The number of carbonyl (C=O) groups excluding carboxylic acids is 1. The molecule has 0 bridgehead atoms. The van der Waals surface area contributed by atoms with Crippen molar-refractivity contribution in [3.8, 4) is 17.2 Å². The summed E-state index contributed by atoms with van der Waals surface area (Å²) in [7, 11) is 0. The fraction of sp³-hybridized carbons (Fsp3) is 0.235. The van der Waals surface area contributed by atoms with Gasteiger partial charge in [0.25, 0.3) is 5.91 Å². The average Bonchev–Trinajstić information content (AvgIpc) is 2.51. The van der Waals surface area contributed by atoms with Crippen LogP contribution in [0.5, 0.6) is 17.2 Å². The van der Waals surface area contributed by atoms with Crippen LogP contribution in [-0.2, 0) is 4.79 Å². The molecule has 0 aliphatic rings. The fourth-order valence-corrected chi connectivity index (χ4v) is 1.88. The van der Waals surface area contributed by atoms with E-state index in [1.54, 1.807) is 36.4 Å². The van der Waals surface area contributed by atoms with Gasteiger partial charge in [0, 0.05) is 0 Å². The number of ether oxygens (including phenoxy) is 2. The van der Waals surface area contributed by atoms with Gasteiger partial charge in [-0.05, 0) is 55.8 Å². The number of anilines is 1. The van der Waals surface area contributed by atoms with Gasteiger partial charge in [-0.3, -0.25) is 4.79 Å². The number of nitrogens with one attached hydrogen (secondary N) is 1. The number of amides is 1. The molecule has 2 rings (SSSR count). The van der Waals surface area contributed by atoms with Gasteiger partial charge in [-0.2, -0.15) is 0 Å². The van der Waals surface area contributed by atoms with Crippen LogP contribution in [-0.4, -0.2) is 24.2 Å².